The van der Waals surface area contributed by atoms with E-state index in [-0.39, 0.29) is 22.5 Å². The Morgan fingerprint density at radius 3 is 2.79 bits per heavy atom. The molecule has 0 spiro atoms. The molecule has 0 aliphatic heterocycles. The van der Waals surface area contributed by atoms with Crippen LogP contribution in [-0.2, 0) is 4.74 Å². The molecule has 0 aliphatic rings. The molecule has 1 aromatic carbocycles. The molecule has 6 nitrogen and oxygen atoms in total. The molecule has 0 aliphatic carbocycles. The molecule has 0 saturated heterocycles. The monoisotopic (exact) mass is 286 g/mol. The molecular formula is C12H15ClN2O4. The highest BCUT2D eigenvalue weighted by atomic mass is 35.5. The van der Waals surface area contributed by atoms with Crippen LogP contribution in [0.5, 0.6) is 0 Å². The molecule has 0 saturated carbocycles. The van der Waals surface area contributed by atoms with Crippen LogP contribution in [0.4, 0.5) is 5.69 Å². The Bertz CT molecular complexity index is 479. The Labute approximate surface area is 115 Å². The SMILES string of the molecule is COCC(C)CNC(=O)c1ccc([N+](=O)[O-])c(Cl)c1. The lowest BCUT2D eigenvalue weighted by atomic mass is 10.1. The number of methoxy groups -OCH3 is 1. The van der Waals surface area contributed by atoms with Crippen LogP contribution in [0.1, 0.15) is 17.3 Å². The zero-order valence-corrected chi connectivity index (χ0v) is 11.4. The summed E-state index contributed by atoms with van der Waals surface area (Å²) in [6.45, 7) is 2.94. The first-order valence-corrected chi connectivity index (χ1v) is 6.04. The van der Waals surface area contributed by atoms with Crippen molar-refractivity contribution in [2.24, 2.45) is 5.92 Å². The summed E-state index contributed by atoms with van der Waals surface area (Å²) < 4.78 is 4.96. The van der Waals surface area contributed by atoms with Gasteiger partial charge in [-0.2, -0.15) is 0 Å². The van der Waals surface area contributed by atoms with Gasteiger partial charge >= 0.3 is 0 Å². The zero-order valence-electron chi connectivity index (χ0n) is 10.7. The second-order valence-electron chi connectivity index (χ2n) is 4.19. The lowest BCUT2D eigenvalue weighted by molar-refractivity contribution is -0.384. The summed E-state index contributed by atoms with van der Waals surface area (Å²) in [7, 11) is 1.59. The van der Waals surface area contributed by atoms with Crippen LogP contribution in [0.3, 0.4) is 0 Å². The minimum Gasteiger partial charge on any atom is -0.384 e. The predicted molar refractivity (Wildman–Crippen MR) is 71.5 cm³/mol. The highest BCUT2D eigenvalue weighted by Gasteiger charge is 2.15. The number of nitrogens with one attached hydrogen (secondary N) is 1. The van der Waals surface area contributed by atoms with E-state index in [0.717, 1.165) is 0 Å². The number of rotatable bonds is 6. The normalized spacial score (nSPS) is 11.9. The van der Waals surface area contributed by atoms with E-state index >= 15 is 0 Å². The van der Waals surface area contributed by atoms with Gasteiger partial charge in [0.15, 0.2) is 0 Å². The van der Waals surface area contributed by atoms with Crippen molar-refractivity contribution >= 4 is 23.2 Å². The van der Waals surface area contributed by atoms with Crippen molar-refractivity contribution in [3.8, 4) is 0 Å². The third kappa shape index (κ3) is 4.50. The van der Waals surface area contributed by atoms with Gasteiger partial charge in [-0.05, 0) is 18.1 Å². The summed E-state index contributed by atoms with van der Waals surface area (Å²) in [4.78, 5) is 21.8. The van der Waals surface area contributed by atoms with E-state index in [2.05, 4.69) is 5.32 Å². The van der Waals surface area contributed by atoms with Gasteiger partial charge in [0.2, 0.25) is 0 Å². The van der Waals surface area contributed by atoms with Crippen molar-refractivity contribution in [3.63, 3.8) is 0 Å². The van der Waals surface area contributed by atoms with E-state index in [1.807, 2.05) is 6.92 Å². The molecule has 0 bridgehead atoms. The number of halogens is 1. The second-order valence-corrected chi connectivity index (χ2v) is 4.60. The van der Waals surface area contributed by atoms with Crippen LogP contribution in [0, 0.1) is 16.0 Å². The molecule has 1 rings (SSSR count). The number of benzene rings is 1. The average molecular weight is 287 g/mol. The highest BCUT2D eigenvalue weighted by molar-refractivity contribution is 6.33. The number of carbonyl (C=O) groups is 1. The minimum absolute atomic E-state index is 0.0532. The number of hydrogen-bond donors (Lipinski definition) is 1. The second kappa shape index (κ2) is 7.06. The largest absolute Gasteiger partial charge is 0.384 e. The summed E-state index contributed by atoms with van der Waals surface area (Å²) in [6, 6.07) is 3.88. The lowest BCUT2D eigenvalue weighted by Gasteiger charge is -2.11. The molecule has 104 valence electrons. The summed E-state index contributed by atoms with van der Waals surface area (Å²) in [5.74, 6) is -0.137. The van der Waals surface area contributed by atoms with Crippen molar-refractivity contribution in [1.29, 1.82) is 0 Å². The molecule has 1 N–H and O–H groups in total. The molecule has 0 fully saturated rings. The van der Waals surface area contributed by atoms with Crippen LogP contribution in [0.2, 0.25) is 5.02 Å². The van der Waals surface area contributed by atoms with Gasteiger partial charge in [0.1, 0.15) is 5.02 Å². The van der Waals surface area contributed by atoms with Crippen LogP contribution in [0.15, 0.2) is 18.2 Å². The molecule has 0 aromatic heterocycles. The van der Waals surface area contributed by atoms with Crippen LogP contribution >= 0.6 is 11.6 Å². The van der Waals surface area contributed by atoms with Gasteiger partial charge in [0, 0.05) is 25.3 Å². The van der Waals surface area contributed by atoms with Crippen LogP contribution in [-0.4, -0.2) is 31.1 Å². The fourth-order valence-corrected chi connectivity index (χ4v) is 1.76. The van der Waals surface area contributed by atoms with Crippen molar-refractivity contribution in [2.45, 2.75) is 6.92 Å². The molecule has 1 amide bonds. The quantitative estimate of drug-likeness (QED) is 0.642. The minimum atomic E-state index is -0.593. The van der Waals surface area contributed by atoms with Gasteiger partial charge in [0.25, 0.3) is 11.6 Å². The van der Waals surface area contributed by atoms with Gasteiger partial charge in [0.05, 0.1) is 11.5 Å². The summed E-state index contributed by atoms with van der Waals surface area (Å²) in [5.41, 5.74) is 0.0752. The number of nitrogens with zero attached hydrogens (tertiary/aromatic N) is 1. The molecule has 0 radical (unpaired) electrons. The molecule has 1 atom stereocenters. The lowest BCUT2D eigenvalue weighted by Crippen LogP contribution is -2.29. The molecule has 1 aromatic rings. The predicted octanol–water partition coefficient (Wildman–Crippen LogP) is 2.26. The number of hydrogen-bond acceptors (Lipinski definition) is 4. The van der Waals surface area contributed by atoms with Gasteiger partial charge in [-0.15, -0.1) is 0 Å². The van der Waals surface area contributed by atoms with Crippen molar-refractivity contribution < 1.29 is 14.5 Å². The van der Waals surface area contributed by atoms with Gasteiger partial charge in [-0.25, -0.2) is 0 Å². The Hall–Kier alpha value is -1.66. The first-order valence-electron chi connectivity index (χ1n) is 5.66. The Balaban J connectivity index is 2.68. The number of ether oxygens (including phenoxy) is 1. The Morgan fingerprint density at radius 2 is 2.26 bits per heavy atom. The van der Waals surface area contributed by atoms with E-state index in [1.165, 1.54) is 18.2 Å². The van der Waals surface area contributed by atoms with Gasteiger partial charge in [-0.3, -0.25) is 14.9 Å². The maximum absolute atomic E-state index is 11.8. The maximum atomic E-state index is 11.8. The van der Waals surface area contributed by atoms with Gasteiger partial charge < -0.3 is 10.1 Å². The molecule has 0 heterocycles. The van der Waals surface area contributed by atoms with E-state index in [0.29, 0.717) is 18.7 Å². The van der Waals surface area contributed by atoms with E-state index in [1.54, 1.807) is 7.11 Å². The summed E-state index contributed by atoms with van der Waals surface area (Å²) >= 11 is 5.74. The fourth-order valence-electron chi connectivity index (χ4n) is 1.51. The molecule has 7 heteroatoms. The van der Waals surface area contributed by atoms with Gasteiger partial charge in [-0.1, -0.05) is 18.5 Å². The maximum Gasteiger partial charge on any atom is 0.287 e. The van der Waals surface area contributed by atoms with Crippen LogP contribution in [0.25, 0.3) is 0 Å². The van der Waals surface area contributed by atoms with E-state index < -0.39 is 4.92 Å². The standard InChI is InChI=1S/C12H15ClN2O4/c1-8(7-19-2)6-14-12(16)9-3-4-11(15(17)18)10(13)5-9/h3-5,8H,6-7H2,1-2H3,(H,14,16). The third-order valence-corrected chi connectivity index (χ3v) is 2.77. The topological polar surface area (TPSA) is 81.5 Å². The number of nitro groups is 1. The average Bonchev–Trinajstić information content (AvgIpc) is 2.35. The van der Waals surface area contributed by atoms with E-state index in [4.69, 9.17) is 16.3 Å². The molecular weight excluding hydrogens is 272 g/mol. The first kappa shape index (κ1) is 15.4. The Morgan fingerprint density at radius 1 is 1.58 bits per heavy atom. The Kier molecular flexibility index (Phi) is 5.72. The summed E-state index contributed by atoms with van der Waals surface area (Å²) in [5, 5.41) is 13.3. The van der Waals surface area contributed by atoms with Crippen molar-refractivity contribution in [3.05, 3.63) is 38.9 Å². The van der Waals surface area contributed by atoms with E-state index in [9.17, 15) is 14.9 Å². The highest BCUT2D eigenvalue weighted by Crippen LogP contribution is 2.24. The van der Waals surface area contributed by atoms with Crippen LogP contribution < -0.4 is 5.32 Å². The summed E-state index contributed by atoms with van der Waals surface area (Å²) in [6.07, 6.45) is 0. The van der Waals surface area contributed by atoms with Crippen molar-refractivity contribution in [2.75, 3.05) is 20.3 Å². The number of nitro benzene ring substituents is 1. The third-order valence-electron chi connectivity index (χ3n) is 2.47. The number of amides is 1. The molecule has 1 unspecified atom stereocenters. The molecule has 19 heavy (non-hydrogen) atoms. The fraction of sp³-hybridized carbons (Fsp3) is 0.417. The zero-order chi connectivity index (χ0) is 14.4. The number of carbonyl (C=O) groups excluding carboxylic acids is 1. The first-order chi connectivity index (χ1) is 8.95. The smallest absolute Gasteiger partial charge is 0.287 e. The van der Waals surface area contributed by atoms with Crippen molar-refractivity contribution in [1.82, 2.24) is 5.32 Å².